The molecule has 1 aliphatic heterocycles. The topological polar surface area (TPSA) is 133 Å². The molecule has 5 rings (SSSR count). The molecule has 0 radical (unpaired) electrons. The quantitative estimate of drug-likeness (QED) is 0.257. The Balaban J connectivity index is 1.42. The Morgan fingerprint density at radius 3 is 2.49 bits per heavy atom. The van der Waals surface area contributed by atoms with Crippen LogP contribution in [0.15, 0.2) is 54.6 Å². The van der Waals surface area contributed by atoms with Crippen molar-refractivity contribution in [3.8, 4) is 28.5 Å². The van der Waals surface area contributed by atoms with Crippen molar-refractivity contribution in [3.63, 3.8) is 0 Å². The number of nitrogens with zero attached hydrogens (tertiary/aromatic N) is 1. The average Bonchev–Trinajstić information content (AvgIpc) is 3.35. The first-order valence-electron chi connectivity index (χ1n) is 13.9. The number of carbonyl (C=O) groups is 2. The van der Waals surface area contributed by atoms with Gasteiger partial charge in [-0.3, -0.25) is 14.3 Å². The van der Waals surface area contributed by atoms with Crippen LogP contribution in [0.5, 0.6) is 17.2 Å². The summed E-state index contributed by atoms with van der Waals surface area (Å²) in [6.45, 7) is 6.71. The van der Waals surface area contributed by atoms with Crippen LogP contribution < -0.4 is 24.2 Å². The molecule has 11 heteroatoms. The highest BCUT2D eigenvalue weighted by Crippen LogP contribution is 2.43. The van der Waals surface area contributed by atoms with Crippen LogP contribution in [0.3, 0.4) is 0 Å². The maximum Gasteiger partial charge on any atom is 0.255 e. The first kappa shape index (κ1) is 29.8. The number of ether oxygens (including phenoxy) is 3. The maximum absolute atomic E-state index is 12.8. The molecule has 3 aromatic carbocycles. The summed E-state index contributed by atoms with van der Waals surface area (Å²) >= 11 is 0. The number of sulfonamides is 1. The maximum atomic E-state index is 12.8. The molecule has 0 atom stereocenters. The van der Waals surface area contributed by atoms with E-state index in [0.29, 0.717) is 70.3 Å². The van der Waals surface area contributed by atoms with Gasteiger partial charge in [0.2, 0.25) is 15.9 Å². The molecule has 0 unspecified atom stereocenters. The molecule has 0 fully saturated rings. The van der Waals surface area contributed by atoms with Gasteiger partial charge in [-0.25, -0.2) is 13.4 Å². The minimum Gasteiger partial charge on any atom is -0.496 e. The molecule has 1 aliphatic rings. The predicted molar refractivity (Wildman–Crippen MR) is 163 cm³/mol. The van der Waals surface area contributed by atoms with Crippen LogP contribution in [0, 0.1) is 6.92 Å². The molecule has 0 bridgehead atoms. The van der Waals surface area contributed by atoms with Crippen molar-refractivity contribution in [2.45, 2.75) is 39.5 Å². The van der Waals surface area contributed by atoms with E-state index in [4.69, 9.17) is 19.2 Å². The molecule has 0 saturated carbocycles. The fourth-order valence-corrected chi connectivity index (χ4v) is 6.45. The minimum atomic E-state index is -3.95. The van der Waals surface area contributed by atoms with Crippen LogP contribution in [0.25, 0.3) is 22.2 Å². The lowest BCUT2D eigenvalue weighted by atomic mass is 9.99. The van der Waals surface area contributed by atoms with E-state index in [-0.39, 0.29) is 18.1 Å². The van der Waals surface area contributed by atoms with E-state index < -0.39 is 15.9 Å². The van der Waals surface area contributed by atoms with Crippen LogP contribution in [0.4, 0.5) is 0 Å². The van der Waals surface area contributed by atoms with Crippen molar-refractivity contribution >= 4 is 32.7 Å². The molecule has 43 heavy (non-hydrogen) atoms. The van der Waals surface area contributed by atoms with Gasteiger partial charge in [0.15, 0.2) is 5.75 Å². The molecule has 10 nitrogen and oxygen atoms in total. The van der Waals surface area contributed by atoms with E-state index in [1.54, 1.807) is 36.4 Å². The Bertz CT molecular complexity index is 1840. The smallest absolute Gasteiger partial charge is 0.255 e. The largest absolute Gasteiger partial charge is 0.496 e. The third kappa shape index (κ3) is 6.12. The molecular formula is C32H33N3O7S. The van der Waals surface area contributed by atoms with Crippen molar-refractivity contribution < 1.29 is 32.2 Å². The highest BCUT2D eigenvalue weighted by atomic mass is 32.2. The molecule has 2 heterocycles. The van der Waals surface area contributed by atoms with Gasteiger partial charge in [-0.05, 0) is 50.1 Å². The number of aromatic nitrogens is 1. The van der Waals surface area contributed by atoms with Gasteiger partial charge in [0.25, 0.3) is 5.91 Å². The van der Waals surface area contributed by atoms with Crippen LogP contribution in [0.2, 0.25) is 0 Å². The van der Waals surface area contributed by atoms with Crippen molar-refractivity contribution in [1.82, 2.24) is 15.0 Å². The highest BCUT2D eigenvalue weighted by molar-refractivity contribution is 7.89. The number of para-hydroxylation sites is 1. The summed E-state index contributed by atoms with van der Waals surface area (Å²) < 4.78 is 45.0. The highest BCUT2D eigenvalue weighted by Gasteiger charge is 2.31. The third-order valence-electron chi connectivity index (χ3n) is 7.12. The standard InChI is InChI=1S/C32H33N3O7S/c1-5-41-30-23-13-14-25(34-29(23)31(42-6-2)24-17-33-32(37)28(24)30)22-12-11-20(15-19(22)3)18-43(38,39)35-27(36)16-21-9-7-8-10-26(21)40-4/h7-15H,5-6,16-18H2,1-4H3,(H,33,37)(H,35,36). The Hall–Kier alpha value is -4.64. The molecule has 224 valence electrons. The summed E-state index contributed by atoms with van der Waals surface area (Å²) in [6.07, 6.45) is -0.128. The number of hydrogen-bond acceptors (Lipinski definition) is 8. The number of aryl methyl sites for hydroxylation is 1. The van der Waals surface area contributed by atoms with Crippen LogP contribution in [0.1, 0.15) is 46.5 Å². The summed E-state index contributed by atoms with van der Waals surface area (Å²) in [6, 6.07) is 16.0. The number of amides is 2. The Labute approximate surface area is 250 Å². The average molecular weight is 604 g/mol. The van der Waals surface area contributed by atoms with Crippen LogP contribution in [-0.4, -0.2) is 45.5 Å². The van der Waals surface area contributed by atoms with E-state index in [1.165, 1.54) is 7.11 Å². The van der Waals surface area contributed by atoms with Gasteiger partial charge in [0.1, 0.15) is 17.0 Å². The summed E-state index contributed by atoms with van der Waals surface area (Å²) in [5, 5.41) is 3.53. The first-order chi connectivity index (χ1) is 20.7. The number of benzene rings is 3. The summed E-state index contributed by atoms with van der Waals surface area (Å²) in [5.41, 5.74) is 5.16. The van der Waals surface area contributed by atoms with Gasteiger partial charge in [-0.2, -0.15) is 0 Å². The summed E-state index contributed by atoms with van der Waals surface area (Å²) in [7, 11) is -2.45. The lowest BCUT2D eigenvalue weighted by molar-refractivity contribution is -0.118. The second-order valence-corrected chi connectivity index (χ2v) is 11.8. The fourth-order valence-electron chi connectivity index (χ4n) is 5.34. The molecule has 0 saturated heterocycles. The number of pyridine rings is 1. The van der Waals surface area contributed by atoms with Crippen molar-refractivity contribution in [2.75, 3.05) is 20.3 Å². The van der Waals surface area contributed by atoms with Crippen LogP contribution in [-0.2, 0) is 33.5 Å². The second-order valence-electron chi connectivity index (χ2n) is 10.1. The lowest BCUT2D eigenvalue weighted by Gasteiger charge is -2.17. The van der Waals surface area contributed by atoms with Crippen molar-refractivity contribution in [1.29, 1.82) is 0 Å². The van der Waals surface area contributed by atoms with Gasteiger partial charge in [0, 0.05) is 28.6 Å². The number of rotatable bonds is 11. The van der Waals surface area contributed by atoms with E-state index in [9.17, 15) is 18.0 Å². The van der Waals surface area contributed by atoms with Crippen molar-refractivity contribution in [2.24, 2.45) is 0 Å². The summed E-state index contributed by atoms with van der Waals surface area (Å²) in [4.78, 5) is 30.1. The van der Waals surface area contributed by atoms with E-state index in [1.807, 2.05) is 39.0 Å². The number of methoxy groups -OCH3 is 1. The fraction of sp³-hybridized carbons (Fsp3) is 0.281. The third-order valence-corrected chi connectivity index (χ3v) is 8.38. The Morgan fingerprint density at radius 2 is 1.77 bits per heavy atom. The molecule has 2 N–H and O–H groups in total. The van der Waals surface area contributed by atoms with E-state index in [2.05, 4.69) is 10.0 Å². The second kappa shape index (κ2) is 12.3. The van der Waals surface area contributed by atoms with Crippen molar-refractivity contribution in [3.05, 3.63) is 82.4 Å². The Kier molecular flexibility index (Phi) is 8.54. The van der Waals surface area contributed by atoms with Gasteiger partial charge in [-0.1, -0.05) is 36.4 Å². The Morgan fingerprint density at radius 1 is 1.02 bits per heavy atom. The zero-order valence-electron chi connectivity index (χ0n) is 24.4. The van der Waals surface area contributed by atoms with Gasteiger partial charge < -0.3 is 19.5 Å². The predicted octanol–water partition coefficient (Wildman–Crippen LogP) is 4.45. The first-order valence-corrected chi connectivity index (χ1v) is 15.6. The molecule has 4 aromatic rings. The van der Waals surface area contributed by atoms with E-state index in [0.717, 1.165) is 16.7 Å². The van der Waals surface area contributed by atoms with E-state index >= 15 is 0 Å². The number of nitrogens with one attached hydrogen (secondary N) is 2. The summed E-state index contributed by atoms with van der Waals surface area (Å²) in [5.74, 6) is 0.327. The van der Waals surface area contributed by atoms with Crippen LogP contribution >= 0.6 is 0 Å². The number of carbonyl (C=O) groups excluding carboxylic acids is 2. The normalized spacial score (nSPS) is 12.5. The monoisotopic (exact) mass is 603 g/mol. The molecule has 0 spiro atoms. The number of fused-ring (bicyclic) bond motifs is 2. The number of hydrogen-bond donors (Lipinski definition) is 2. The minimum absolute atomic E-state index is 0.128. The molecule has 0 aliphatic carbocycles. The zero-order valence-corrected chi connectivity index (χ0v) is 25.3. The van der Waals surface area contributed by atoms with Gasteiger partial charge in [-0.15, -0.1) is 0 Å². The molecule has 1 aromatic heterocycles. The van der Waals surface area contributed by atoms with Gasteiger partial charge >= 0.3 is 0 Å². The molecule has 2 amide bonds. The lowest BCUT2D eigenvalue weighted by Crippen LogP contribution is -2.32. The van der Waals surface area contributed by atoms with Gasteiger partial charge in [0.05, 0.1) is 43.8 Å². The SMILES string of the molecule is CCOc1c2c(c(OCC)c3nc(-c4ccc(CS(=O)(=O)NC(=O)Cc5ccccc5OC)cc4C)ccc13)CNC2=O. The zero-order chi connectivity index (χ0) is 30.7. The molecular weight excluding hydrogens is 570 g/mol.